The molecule has 5 nitrogen and oxygen atoms in total. The molecule has 148 valence electrons. The highest BCUT2D eigenvalue weighted by molar-refractivity contribution is 5.96. The normalized spacial score (nSPS) is 13.7. The Bertz CT molecular complexity index is 855. The molecule has 1 fully saturated rings. The lowest BCUT2D eigenvalue weighted by Crippen LogP contribution is -2.32. The van der Waals surface area contributed by atoms with Crippen LogP contribution in [0.2, 0.25) is 0 Å². The fourth-order valence-corrected chi connectivity index (χ4v) is 2.86. The number of nitrogens with one attached hydrogen (secondary N) is 1. The van der Waals surface area contributed by atoms with Gasteiger partial charge in [-0.05, 0) is 69.5 Å². The molecule has 0 heterocycles. The minimum Gasteiger partial charge on any atom is -0.444 e. The summed E-state index contributed by atoms with van der Waals surface area (Å²) in [5.41, 5.74) is 1.26. The van der Waals surface area contributed by atoms with E-state index in [0.717, 1.165) is 18.4 Å². The van der Waals surface area contributed by atoms with Gasteiger partial charge < -0.3 is 9.64 Å². The number of halogens is 1. The summed E-state index contributed by atoms with van der Waals surface area (Å²) < 4.78 is 18.4. The van der Waals surface area contributed by atoms with E-state index in [2.05, 4.69) is 5.32 Å². The third-order valence-corrected chi connectivity index (χ3v) is 4.27. The maximum Gasteiger partial charge on any atom is 0.412 e. The predicted molar refractivity (Wildman–Crippen MR) is 106 cm³/mol. The van der Waals surface area contributed by atoms with Crippen LogP contribution >= 0.6 is 0 Å². The van der Waals surface area contributed by atoms with Gasteiger partial charge in [-0.15, -0.1) is 0 Å². The van der Waals surface area contributed by atoms with E-state index in [0.29, 0.717) is 17.8 Å². The molecule has 28 heavy (non-hydrogen) atoms. The molecule has 0 aliphatic heterocycles. The van der Waals surface area contributed by atoms with Crippen molar-refractivity contribution in [2.45, 2.75) is 51.8 Å². The van der Waals surface area contributed by atoms with Crippen molar-refractivity contribution in [3.05, 3.63) is 65.5 Å². The monoisotopic (exact) mass is 384 g/mol. The van der Waals surface area contributed by atoms with Crippen molar-refractivity contribution in [3.63, 3.8) is 0 Å². The average Bonchev–Trinajstić information content (AvgIpc) is 3.44. The van der Waals surface area contributed by atoms with Crippen LogP contribution in [-0.4, -0.2) is 28.5 Å². The molecule has 0 radical (unpaired) electrons. The second kappa shape index (κ2) is 8.00. The van der Waals surface area contributed by atoms with Gasteiger partial charge in [-0.25, -0.2) is 9.18 Å². The van der Waals surface area contributed by atoms with Crippen molar-refractivity contribution in [2.24, 2.45) is 0 Å². The molecular formula is C22H25FN2O3. The van der Waals surface area contributed by atoms with Crippen LogP contribution < -0.4 is 5.32 Å². The van der Waals surface area contributed by atoms with Gasteiger partial charge >= 0.3 is 6.09 Å². The second-order valence-corrected chi connectivity index (χ2v) is 8.00. The number of nitrogens with zero attached hydrogens (tertiary/aromatic N) is 1. The first-order chi connectivity index (χ1) is 13.2. The maximum atomic E-state index is 13.1. The van der Waals surface area contributed by atoms with E-state index in [4.69, 9.17) is 4.74 Å². The van der Waals surface area contributed by atoms with E-state index >= 15 is 0 Å². The van der Waals surface area contributed by atoms with Crippen molar-refractivity contribution in [3.8, 4) is 0 Å². The fraction of sp³-hybridized carbons (Fsp3) is 0.364. The largest absolute Gasteiger partial charge is 0.444 e. The van der Waals surface area contributed by atoms with E-state index in [-0.39, 0.29) is 17.8 Å². The number of carbonyl (C=O) groups is 2. The molecule has 0 atom stereocenters. The molecule has 0 aromatic heterocycles. The molecule has 0 unspecified atom stereocenters. The summed E-state index contributed by atoms with van der Waals surface area (Å²) in [7, 11) is 0. The van der Waals surface area contributed by atoms with Crippen LogP contribution in [0.4, 0.5) is 14.9 Å². The zero-order chi connectivity index (χ0) is 20.3. The highest BCUT2D eigenvalue weighted by atomic mass is 19.1. The Morgan fingerprint density at radius 2 is 1.82 bits per heavy atom. The van der Waals surface area contributed by atoms with Crippen LogP contribution in [0.25, 0.3) is 0 Å². The van der Waals surface area contributed by atoms with E-state index in [1.54, 1.807) is 62.1 Å². The summed E-state index contributed by atoms with van der Waals surface area (Å²) in [5, 5.41) is 2.66. The van der Waals surface area contributed by atoms with Crippen LogP contribution in [0.15, 0.2) is 48.5 Å². The standard InChI is InChI=1S/C22H25FN2O3/c1-22(2,3)28-21(27)24-18-6-4-5-16(13-18)20(26)25(19-11-12-19)14-15-7-9-17(23)10-8-15/h4-10,13,19H,11-12,14H2,1-3H3,(H,24,27). The van der Waals surface area contributed by atoms with Crippen LogP contribution in [0.1, 0.15) is 49.5 Å². The predicted octanol–water partition coefficient (Wildman–Crippen LogP) is 4.98. The van der Waals surface area contributed by atoms with Gasteiger partial charge in [0, 0.05) is 23.8 Å². The van der Waals surface area contributed by atoms with Gasteiger partial charge in [0.2, 0.25) is 0 Å². The van der Waals surface area contributed by atoms with E-state index in [1.807, 2.05) is 0 Å². The Morgan fingerprint density at radius 1 is 1.14 bits per heavy atom. The first kappa shape index (κ1) is 19.9. The van der Waals surface area contributed by atoms with Gasteiger partial charge in [0.25, 0.3) is 5.91 Å². The molecule has 1 N–H and O–H groups in total. The highest BCUT2D eigenvalue weighted by Gasteiger charge is 2.33. The molecule has 6 heteroatoms. The molecule has 1 aliphatic carbocycles. The molecule has 2 aromatic rings. The van der Waals surface area contributed by atoms with Crippen molar-refractivity contribution in [2.75, 3.05) is 5.32 Å². The van der Waals surface area contributed by atoms with Gasteiger partial charge in [0.05, 0.1) is 0 Å². The minimum absolute atomic E-state index is 0.111. The van der Waals surface area contributed by atoms with Gasteiger partial charge in [-0.3, -0.25) is 10.1 Å². The highest BCUT2D eigenvalue weighted by Crippen LogP contribution is 2.30. The number of carbonyl (C=O) groups excluding carboxylic acids is 2. The molecule has 2 aromatic carbocycles. The summed E-state index contributed by atoms with van der Waals surface area (Å²) in [5.74, 6) is -0.409. The van der Waals surface area contributed by atoms with E-state index < -0.39 is 11.7 Å². The number of hydrogen-bond donors (Lipinski definition) is 1. The van der Waals surface area contributed by atoms with Crippen LogP contribution in [-0.2, 0) is 11.3 Å². The van der Waals surface area contributed by atoms with Gasteiger partial charge in [-0.1, -0.05) is 18.2 Å². The van der Waals surface area contributed by atoms with Crippen molar-refractivity contribution < 1.29 is 18.7 Å². The fourth-order valence-electron chi connectivity index (χ4n) is 2.86. The van der Waals surface area contributed by atoms with Gasteiger partial charge in [0.1, 0.15) is 11.4 Å². The summed E-state index contributed by atoms with van der Waals surface area (Å²) in [6, 6.07) is 13.2. The maximum absolute atomic E-state index is 13.1. The van der Waals surface area contributed by atoms with Crippen LogP contribution in [0.3, 0.4) is 0 Å². The number of rotatable bonds is 5. The topological polar surface area (TPSA) is 58.6 Å². The Kier molecular flexibility index (Phi) is 5.68. The zero-order valence-electron chi connectivity index (χ0n) is 16.4. The lowest BCUT2D eigenvalue weighted by molar-refractivity contribution is 0.0634. The number of anilines is 1. The van der Waals surface area contributed by atoms with Crippen LogP contribution in [0.5, 0.6) is 0 Å². The van der Waals surface area contributed by atoms with E-state index in [1.165, 1.54) is 12.1 Å². The molecule has 1 saturated carbocycles. The second-order valence-electron chi connectivity index (χ2n) is 8.00. The number of ether oxygens (including phenoxy) is 1. The van der Waals surface area contributed by atoms with Gasteiger partial charge in [-0.2, -0.15) is 0 Å². The van der Waals surface area contributed by atoms with Crippen LogP contribution in [0, 0.1) is 5.82 Å². The number of hydrogen-bond acceptors (Lipinski definition) is 3. The first-order valence-electron chi connectivity index (χ1n) is 9.37. The molecule has 0 saturated heterocycles. The summed E-state index contributed by atoms with van der Waals surface area (Å²) >= 11 is 0. The lowest BCUT2D eigenvalue weighted by atomic mass is 10.1. The molecule has 2 amide bonds. The molecule has 3 rings (SSSR count). The first-order valence-corrected chi connectivity index (χ1v) is 9.37. The zero-order valence-corrected chi connectivity index (χ0v) is 16.4. The van der Waals surface area contributed by atoms with Gasteiger partial charge in [0.15, 0.2) is 0 Å². The molecular weight excluding hydrogens is 359 g/mol. The number of amides is 2. The summed E-state index contributed by atoms with van der Waals surface area (Å²) in [6.07, 6.45) is 1.36. The van der Waals surface area contributed by atoms with E-state index in [9.17, 15) is 14.0 Å². The molecule has 0 spiro atoms. The summed E-state index contributed by atoms with van der Waals surface area (Å²) in [6.45, 7) is 5.79. The average molecular weight is 384 g/mol. The quantitative estimate of drug-likeness (QED) is 0.791. The molecule has 0 bridgehead atoms. The molecule has 1 aliphatic rings. The minimum atomic E-state index is -0.602. The number of benzene rings is 2. The Balaban J connectivity index is 1.73. The Morgan fingerprint density at radius 3 is 2.43 bits per heavy atom. The van der Waals surface area contributed by atoms with Crippen molar-refractivity contribution >= 4 is 17.7 Å². The smallest absolute Gasteiger partial charge is 0.412 e. The summed E-state index contributed by atoms with van der Waals surface area (Å²) in [4.78, 5) is 26.8. The lowest BCUT2D eigenvalue weighted by Gasteiger charge is -2.23. The SMILES string of the molecule is CC(C)(C)OC(=O)Nc1cccc(C(=O)N(Cc2ccc(F)cc2)C2CC2)c1. The Labute approximate surface area is 164 Å². The van der Waals surface area contributed by atoms with Crippen molar-refractivity contribution in [1.29, 1.82) is 0 Å². The Hall–Kier alpha value is -2.89. The third kappa shape index (κ3) is 5.55. The third-order valence-electron chi connectivity index (χ3n) is 4.27. The van der Waals surface area contributed by atoms with Crippen molar-refractivity contribution in [1.82, 2.24) is 4.90 Å².